The molecular weight excluding hydrogens is 494 g/mol. The summed E-state index contributed by atoms with van der Waals surface area (Å²) in [4.78, 5) is 24.3. The predicted molar refractivity (Wildman–Crippen MR) is 149 cm³/mol. The van der Waals surface area contributed by atoms with E-state index >= 15 is 0 Å². The van der Waals surface area contributed by atoms with E-state index in [9.17, 15) is 4.79 Å². The number of aryl methyl sites for hydroxylation is 1. The highest BCUT2D eigenvalue weighted by Crippen LogP contribution is 2.47. The minimum atomic E-state index is -0.319. The molecular formula is C31H37N3O5. The van der Waals surface area contributed by atoms with E-state index in [0.29, 0.717) is 32.1 Å². The van der Waals surface area contributed by atoms with E-state index in [-0.39, 0.29) is 17.4 Å². The molecule has 2 saturated heterocycles. The van der Waals surface area contributed by atoms with Crippen LogP contribution < -0.4 is 9.47 Å². The molecule has 0 bridgehead atoms. The van der Waals surface area contributed by atoms with Gasteiger partial charge in [-0.05, 0) is 37.5 Å². The first-order valence-corrected chi connectivity index (χ1v) is 13.8. The van der Waals surface area contributed by atoms with Crippen molar-refractivity contribution in [1.82, 2.24) is 14.9 Å². The van der Waals surface area contributed by atoms with Crippen molar-refractivity contribution in [2.45, 2.75) is 51.6 Å². The number of para-hydroxylation sites is 1. The minimum Gasteiger partial charge on any atom is -0.497 e. The van der Waals surface area contributed by atoms with Crippen LogP contribution in [0.4, 0.5) is 0 Å². The molecule has 0 saturated carbocycles. The van der Waals surface area contributed by atoms with Crippen LogP contribution in [0, 0.1) is 6.92 Å². The van der Waals surface area contributed by atoms with Crippen molar-refractivity contribution in [2.24, 2.45) is 0 Å². The Kier molecular flexibility index (Phi) is 6.55. The topological polar surface area (TPSA) is 67.6 Å². The smallest absolute Gasteiger partial charge is 0.289 e. The summed E-state index contributed by atoms with van der Waals surface area (Å²) in [5.41, 5.74) is 4.98. The summed E-state index contributed by atoms with van der Waals surface area (Å²) < 4.78 is 17.4. The van der Waals surface area contributed by atoms with Gasteiger partial charge in [-0.2, -0.15) is 5.06 Å². The van der Waals surface area contributed by atoms with E-state index in [2.05, 4.69) is 36.0 Å². The molecule has 39 heavy (non-hydrogen) atoms. The van der Waals surface area contributed by atoms with Gasteiger partial charge in [0.15, 0.2) is 5.76 Å². The Labute approximate surface area is 229 Å². The highest BCUT2D eigenvalue weighted by atomic mass is 16.7. The van der Waals surface area contributed by atoms with Gasteiger partial charge in [-0.1, -0.05) is 38.1 Å². The summed E-state index contributed by atoms with van der Waals surface area (Å²) in [5.74, 6) is 2.18. The van der Waals surface area contributed by atoms with Crippen LogP contribution in [-0.4, -0.2) is 66.9 Å². The molecule has 1 aromatic heterocycles. The average molecular weight is 532 g/mol. The molecule has 8 heteroatoms. The molecule has 1 amide bonds. The Balaban J connectivity index is 1.31. The van der Waals surface area contributed by atoms with Crippen LogP contribution in [0.5, 0.6) is 11.5 Å². The summed E-state index contributed by atoms with van der Waals surface area (Å²) in [6.45, 7) is 9.53. The first kappa shape index (κ1) is 25.8. The van der Waals surface area contributed by atoms with Crippen LogP contribution in [0.25, 0.3) is 11.0 Å². The second-order valence-electron chi connectivity index (χ2n) is 10.8. The third kappa shape index (κ3) is 4.08. The maximum atomic E-state index is 13.6. The molecule has 8 nitrogen and oxygen atoms in total. The second-order valence-corrected chi connectivity index (χ2v) is 10.8. The number of hydrogen-bond acceptors (Lipinski definition) is 7. The number of benzene rings is 2. The van der Waals surface area contributed by atoms with Gasteiger partial charge in [0.25, 0.3) is 5.91 Å². The number of rotatable bonds is 4. The Morgan fingerprint density at radius 1 is 1.13 bits per heavy atom. The van der Waals surface area contributed by atoms with E-state index in [0.717, 1.165) is 47.4 Å². The first-order chi connectivity index (χ1) is 18.9. The number of fused-ring (bicyclic) bond motifs is 4. The van der Waals surface area contributed by atoms with Gasteiger partial charge in [-0.25, -0.2) is 0 Å². The number of piperidine rings is 1. The molecule has 1 spiro atoms. The van der Waals surface area contributed by atoms with E-state index in [1.807, 2.05) is 42.2 Å². The van der Waals surface area contributed by atoms with Crippen molar-refractivity contribution in [2.75, 3.05) is 40.6 Å². The Hall–Kier alpha value is -3.49. The maximum absolute atomic E-state index is 13.6. The summed E-state index contributed by atoms with van der Waals surface area (Å²) in [6.07, 6.45) is 3.93. The number of likely N-dealkylation sites (N-methyl/N-ethyl adjacent to an activating group) is 1. The Morgan fingerprint density at radius 3 is 2.59 bits per heavy atom. The first-order valence-electron chi connectivity index (χ1n) is 13.8. The quantitative estimate of drug-likeness (QED) is 0.443. The van der Waals surface area contributed by atoms with E-state index < -0.39 is 0 Å². The molecule has 0 aliphatic carbocycles. The standard InChI is InChI=1S/C31H37N3O5/c1-6-34-31(11-13-32(14-12-31)30(35)29-21(3)24-9-7-8-10-25(24)39-29)27-15-20(2)28-22(18-33(27)19-38-34)16-23(36-4)17-26(28)37-5/h7-10,15-17,20H,6,11-14,18-19H2,1-5H3/t20-/m0/s1. The lowest BCUT2D eigenvalue weighted by Crippen LogP contribution is -2.63. The van der Waals surface area contributed by atoms with Crippen LogP contribution in [-0.2, 0) is 11.4 Å². The molecule has 206 valence electrons. The van der Waals surface area contributed by atoms with E-state index in [1.165, 1.54) is 16.8 Å². The van der Waals surface area contributed by atoms with Gasteiger partial charge in [0, 0.05) is 60.4 Å². The zero-order valence-corrected chi connectivity index (χ0v) is 23.5. The van der Waals surface area contributed by atoms with Crippen molar-refractivity contribution in [3.63, 3.8) is 0 Å². The predicted octanol–water partition coefficient (Wildman–Crippen LogP) is 5.46. The molecule has 6 rings (SSSR count). The number of amides is 1. The lowest BCUT2D eigenvalue weighted by molar-refractivity contribution is -0.275. The zero-order valence-electron chi connectivity index (χ0n) is 23.5. The molecule has 2 fully saturated rings. The van der Waals surface area contributed by atoms with Crippen molar-refractivity contribution in [1.29, 1.82) is 0 Å². The van der Waals surface area contributed by atoms with Crippen LogP contribution in [0.2, 0.25) is 0 Å². The van der Waals surface area contributed by atoms with Crippen molar-refractivity contribution in [3.8, 4) is 11.5 Å². The van der Waals surface area contributed by atoms with Gasteiger partial charge in [-0.15, -0.1) is 0 Å². The third-order valence-corrected chi connectivity index (χ3v) is 8.75. The van der Waals surface area contributed by atoms with Crippen molar-refractivity contribution < 1.29 is 23.5 Å². The summed E-state index contributed by atoms with van der Waals surface area (Å²) in [5, 5.41) is 3.14. The molecule has 4 heterocycles. The molecule has 3 aromatic rings. The van der Waals surface area contributed by atoms with E-state index in [1.54, 1.807) is 14.2 Å². The van der Waals surface area contributed by atoms with Gasteiger partial charge in [0.1, 0.15) is 23.8 Å². The highest BCUT2D eigenvalue weighted by molar-refractivity contribution is 5.99. The van der Waals surface area contributed by atoms with Gasteiger partial charge in [0.2, 0.25) is 0 Å². The largest absolute Gasteiger partial charge is 0.497 e. The number of allylic oxidation sites excluding steroid dienone is 1. The molecule has 2 aromatic carbocycles. The molecule has 0 N–H and O–H groups in total. The van der Waals surface area contributed by atoms with Gasteiger partial charge in [0.05, 0.1) is 19.8 Å². The number of nitrogens with zero attached hydrogens (tertiary/aromatic N) is 3. The van der Waals surface area contributed by atoms with Gasteiger partial charge >= 0.3 is 0 Å². The Bertz CT molecular complexity index is 1440. The maximum Gasteiger partial charge on any atom is 0.289 e. The van der Waals surface area contributed by atoms with Crippen molar-refractivity contribution >= 4 is 16.9 Å². The number of hydroxylamine groups is 2. The Morgan fingerprint density at radius 2 is 1.90 bits per heavy atom. The molecule has 3 aliphatic rings. The van der Waals surface area contributed by atoms with E-state index in [4.69, 9.17) is 18.7 Å². The second kappa shape index (κ2) is 9.92. The molecule has 1 atom stereocenters. The third-order valence-electron chi connectivity index (χ3n) is 8.75. The molecule has 3 aliphatic heterocycles. The van der Waals surface area contributed by atoms with Crippen LogP contribution >= 0.6 is 0 Å². The number of methoxy groups -OCH3 is 2. The van der Waals surface area contributed by atoms with Crippen LogP contribution in [0.3, 0.4) is 0 Å². The zero-order chi connectivity index (χ0) is 27.3. The number of ether oxygens (including phenoxy) is 2. The van der Waals surface area contributed by atoms with Gasteiger partial charge < -0.3 is 23.7 Å². The lowest BCUT2D eigenvalue weighted by Gasteiger charge is -2.54. The minimum absolute atomic E-state index is 0.0392. The summed E-state index contributed by atoms with van der Waals surface area (Å²) in [7, 11) is 3.40. The lowest BCUT2D eigenvalue weighted by atomic mass is 9.81. The van der Waals surface area contributed by atoms with Gasteiger partial charge in [-0.3, -0.25) is 9.63 Å². The SMILES string of the molecule is CCN1OCN2Cc3cc(OC)cc(OC)c3[C@@H](C)C=C2C12CCN(C(=O)c1oc3ccccc3c1C)CC2. The highest BCUT2D eigenvalue weighted by Gasteiger charge is 2.50. The normalized spacial score (nSPS) is 20.8. The molecule has 0 unspecified atom stereocenters. The number of carbonyl (C=O) groups excluding carboxylic acids is 1. The number of hydrogen-bond donors (Lipinski definition) is 0. The van der Waals surface area contributed by atoms with Crippen LogP contribution in [0.1, 0.15) is 59.9 Å². The number of likely N-dealkylation sites (tertiary alicyclic amines) is 1. The number of furan rings is 1. The van der Waals surface area contributed by atoms with Crippen LogP contribution in [0.15, 0.2) is 52.6 Å². The fraction of sp³-hybridized carbons (Fsp3) is 0.452. The van der Waals surface area contributed by atoms with Crippen molar-refractivity contribution in [3.05, 3.63) is 70.6 Å². The number of carbonyl (C=O) groups is 1. The fourth-order valence-electron chi connectivity index (χ4n) is 6.76. The average Bonchev–Trinajstić information content (AvgIpc) is 3.22. The monoisotopic (exact) mass is 531 g/mol. The molecule has 0 radical (unpaired) electrons. The summed E-state index contributed by atoms with van der Waals surface area (Å²) >= 11 is 0. The summed E-state index contributed by atoms with van der Waals surface area (Å²) in [6, 6.07) is 11.9. The fourth-order valence-corrected chi connectivity index (χ4v) is 6.76.